The van der Waals surface area contributed by atoms with Crippen molar-refractivity contribution in [2.75, 3.05) is 19.6 Å². The molecule has 0 saturated carbocycles. The lowest BCUT2D eigenvalue weighted by Crippen LogP contribution is -2.52. The van der Waals surface area contributed by atoms with Gasteiger partial charge in [0, 0.05) is 44.2 Å². The average Bonchev–Trinajstić information content (AvgIpc) is 2.87. The molecule has 1 aromatic carbocycles. The minimum atomic E-state index is -0.557. The highest BCUT2D eigenvalue weighted by molar-refractivity contribution is 6.05. The second kappa shape index (κ2) is 7.64. The van der Waals surface area contributed by atoms with E-state index >= 15 is 0 Å². The Labute approximate surface area is 165 Å². The number of nitrogens with zero attached hydrogens (tertiary/aromatic N) is 2. The summed E-state index contributed by atoms with van der Waals surface area (Å²) < 4.78 is 0. The largest absolute Gasteiger partial charge is 0.322 e. The van der Waals surface area contributed by atoms with Gasteiger partial charge in [-0.15, -0.1) is 0 Å². The second-order valence-corrected chi connectivity index (χ2v) is 8.43. The van der Waals surface area contributed by atoms with Gasteiger partial charge in [-0.05, 0) is 43.0 Å². The molecule has 4 rings (SSSR count). The highest BCUT2D eigenvalue weighted by Gasteiger charge is 2.39. The predicted octanol–water partition coefficient (Wildman–Crippen LogP) is 0.877. The summed E-state index contributed by atoms with van der Waals surface area (Å²) in [5.41, 5.74) is 2.84. The number of carbonyl (C=O) groups is 3. The van der Waals surface area contributed by atoms with Crippen LogP contribution in [0.4, 0.5) is 0 Å². The first-order valence-electron chi connectivity index (χ1n) is 10.1. The monoisotopic (exact) mass is 384 g/mol. The third kappa shape index (κ3) is 3.69. The SMILES string of the molecule is CC1CNCC(C)N(Cc2ccc3c(c2)CN(C2CCC(=O)NC2=O)C3=O)C1. The summed E-state index contributed by atoms with van der Waals surface area (Å²) in [5, 5.41) is 5.85. The Morgan fingerprint density at radius 3 is 2.75 bits per heavy atom. The van der Waals surface area contributed by atoms with Crippen LogP contribution in [0.15, 0.2) is 18.2 Å². The summed E-state index contributed by atoms with van der Waals surface area (Å²) in [6, 6.07) is 5.93. The van der Waals surface area contributed by atoms with Crippen LogP contribution in [0.3, 0.4) is 0 Å². The van der Waals surface area contributed by atoms with Crippen LogP contribution in [0.1, 0.15) is 48.2 Å². The molecular weight excluding hydrogens is 356 g/mol. The van der Waals surface area contributed by atoms with Crippen LogP contribution in [0.25, 0.3) is 0 Å². The summed E-state index contributed by atoms with van der Waals surface area (Å²) >= 11 is 0. The normalized spacial score (nSPS) is 28.9. The number of hydrogen-bond donors (Lipinski definition) is 2. The van der Waals surface area contributed by atoms with Gasteiger partial charge in [-0.3, -0.25) is 24.6 Å². The molecule has 3 atom stereocenters. The summed E-state index contributed by atoms with van der Waals surface area (Å²) in [7, 11) is 0. The Bertz CT molecular complexity index is 809. The average molecular weight is 384 g/mol. The van der Waals surface area contributed by atoms with Crippen LogP contribution >= 0.6 is 0 Å². The molecule has 0 aromatic heterocycles. The number of rotatable bonds is 3. The molecule has 28 heavy (non-hydrogen) atoms. The highest BCUT2D eigenvalue weighted by atomic mass is 16.2. The number of piperidine rings is 1. The van der Waals surface area contributed by atoms with Crippen molar-refractivity contribution in [1.29, 1.82) is 0 Å². The van der Waals surface area contributed by atoms with Gasteiger partial charge in [-0.2, -0.15) is 0 Å². The molecule has 7 heteroatoms. The van der Waals surface area contributed by atoms with Gasteiger partial charge in [0.05, 0.1) is 0 Å². The second-order valence-electron chi connectivity index (χ2n) is 8.43. The van der Waals surface area contributed by atoms with Gasteiger partial charge < -0.3 is 10.2 Å². The fourth-order valence-electron chi connectivity index (χ4n) is 4.49. The van der Waals surface area contributed by atoms with E-state index in [1.807, 2.05) is 12.1 Å². The van der Waals surface area contributed by atoms with Crippen LogP contribution < -0.4 is 10.6 Å². The van der Waals surface area contributed by atoms with E-state index in [9.17, 15) is 14.4 Å². The van der Waals surface area contributed by atoms with Crippen LogP contribution in [-0.2, 0) is 22.7 Å². The van der Waals surface area contributed by atoms with Gasteiger partial charge in [0.1, 0.15) is 6.04 Å². The van der Waals surface area contributed by atoms with Crippen LogP contribution in [-0.4, -0.2) is 59.2 Å². The third-order valence-electron chi connectivity index (χ3n) is 6.08. The summed E-state index contributed by atoms with van der Waals surface area (Å²) in [5.74, 6) is -0.138. The Kier molecular flexibility index (Phi) is 5.21. The Morgan fingerprint density at radius 1 is 1.14 bits per heavy atom. The smallest absolute Gasteiger partial charge is 0.255 e. The van der Waals surface area contributed by atoms with Crippen molar-refractivity contribution in [3.8, 4) is 0 Å². The number of benzene rings is 1. The first-order valence-corrected chi connectivity index (χ1v) is 10.1. The quantitative estimate of drug-likeness (QED) is 0.756. The molecule has 0 radical (unpaired) electrons. The molecule has 2 N–H and O–H groups in total. The number of hydrogen-bond acceptors (Lipinski definition) is 5. The zero-order chi connectivity index (χ0) is 19.8. The molecule has 3 aliphatic rings. The third-order valence-corrected chi connectivity index (χ3v) is 6.08. The van der Waals surface area contributed by atoms with Gasteiger partial charge in [0.25, 0.3) is 5.91 Å². The van der Waals surface area contributed by atoms with Gasteiger partial charge in [-0.1, -0.05) is 19.1 Å². The maximum absolute atomic E-state index is 12.8. The van der Waals surface area contributed by atoms with E-state index in [1.165, 1.54) is 5.56 Å². The van der Waals surface area contributed by atoms with Crippen molar-refractivity contribution in [2.45, 2.75) is 51.9 Å². The Hall–Kier alpha value is -2.25. The molecule has 3 amide bonds. The fourth-order valence-corrected chi connectivity index (χ4v) is 4.49. The van der Waals surface area contributed by atoms with E-state index in [0.717, 1.165) is 31.7 Å². The highest BCUT2D eigenvalue weighted by Crippen LogP contribution is 2.28. The molecule has 3 unspecified atom stereocenters. The van der Waals surface area contributed by atoms with E-state index in [-0.39, 0.29) is 24.1 Å². The fraction of sp³-hybridized carbons (Fsp3) is 0.571. The van der Waals surface area contributed by atoms with Crippen molar-refractivity contribution in [2.24, 2.45) is 5.92 Å². The number of fused-ring (bicyclic) bond motifs is 1. The molecule has 0 aliphatic carbocycles. The minimum Gasteiger partial charge on any atom is -0.322 e. The molecule has 0 spiro atoms. The van der Waals surface area contributed by atoms with E-state index in [2.05, 4.69) is 35.4 Å². The summed E-state index contributed by atoms with van der Waals surface area (Å²) in [6.45, 7) is 8.86. The van der Waals surface area contributed by atoms with Crippen molar-refractivity contribution in [1.82, 2.24) is 20.4 Å². The van der Waals surface area contributed by atoms with E-state index in [1.54, 1.807) is 4.90 Å². The van der Waals surface area contributed by atoms with Crippen LogP contribution in [0.5, 0.6) is 0 Å². The molecule has 0 bridgehead atoms. The first-order chi connectivity index (χ1) is 13.4. The zero-order valence-corrected chi connectivity index (χ0v) is 16.5. The Morgan fingerprint density at radius 2 is 1.96 bits per heavy atom. The first kappa shape index (κ1) is 19.1. The van der Waals surface area contributed by atoms with Crippen LogP contribution in [0.2, 0.25) is 0 Å². The maximum atomic E-state index is 12.8. The number of amides is 3. The molecule has 2 saturated heterocycles. The topological polar surface area (TPSA) is 81.8 Å². The van der Waals surface area contributed by atoms with Gasteiger partial charge in [0.15, 0.2) is 0 Å². The molecule has 1 aromatic rings. The lowest BCUT2D eigenvalue weighted by atomic mass is 10.0. The molecule has 3 aliphatic heterocycles. The molecule has 150 valence electrons. The standard InChI is InChI=1S/C21H28N4O3/c1-13-8-22-9-14(2)24(10-13)11-15-3-4-17-16(7-15)12-25(21(17)28)18-5-6-19(26)23-20(18)27/h3-4,7,13-14,18,22H,5-6,8-12H2,1-2H3,(H,23,26,27). The zero-order valence-electron chi connectivity index (χ0n) is 16.5. The minimum absolute atomic E-state index is 0.114. The van der Waals surface area contributed by atoms with E-state index in [0.29, 0.717) is 30.5 Å². The van der Waals surface area contributed by atoms with Crippen molar-refractivity contribution < 1.29 is 14.4 Å². The molecule has 3 heterocycles. The van der Waals surface area contributed by atoms with Gasteiger partial charge in [-0.25, -0.2) is 0 Å². The van der Waals surface area contributed by atoms with E-state index in [4.69, 9.17) is 0 Å². The molecular formula is C21H28N4O3. The number of nitrogens with one attached hydrogen (secondary N) is 2. The van der Waals surface area contributed by atoms with Crippen molar-refractivity contribution in [3.63, 3.8) is 0 Å². The summed E-state index contributed by atoms with van der Waals surface area (Å²) in [4.78, 5) is 40.5. The maximum Gasteiger partial charge on any atom is 0.255 e. The predicted molar refractivity (Wildman–Crippen MR) is 104 cm³/mol. The number of carbonyl (C=O) groups excluding carboxylic acids is 3. The van der Waals surface area contributed by atoms with Crippen LogP contribution in [0, 0.1) is 5.92 Å². The number of imide groups is 1. The van der Waals surface area contributed by atoms with Gasteiger partial charge >= 0.3 is 0 Å². The lowest BCUT2D eigenvalue weighted by molar-refractivity contribution is -0.136. The Balaban J connectivity index is 1.49. The van der Waals surface area contributed by atoms with Crippen molar-refractivity contribution in [3.05, 3.63) is 34.9 Å². The van der Waals surface area contributed by atoms with Gasteiger partial charge in [0.2, 0.25) is 11.8 Å². The van der Waals surface area contributed by atoms with Crippen molar-refractivity contribution >= 4 is 17.7 Å². The molecule has 7 nitrogen and oxygen atoms in total. The van der Waals surface area contributed by atoms with E-state index < -0.39 is 6.04 Å². The molecule has 2 fully saturated rings. The lowest BCUT2D eigenvalue weighted by Gasteiger charge is -2.29. The summed E-state index contributed by atoms with van der Waals surface area (Å²) in [6.07, 6.45) is 0.675.